The van der Waals surface area contributed by atoms with Gasteiger partial charge in [-0.05, 0) is 36.6 Å². The molecule has 1 nitrogen and oxygen atoms in total. The summed E-state index contributed by atoms with van der Waals surface area (Å²) in [6.45, 7) is 0. The smallest absolute Gasteiger partial charge is 1.00 e. The molecule has 0 bridgehead atoms. The maximum absolute atomic E-state index is 2.99. The second-order valence-corrected chi connectivity index (χ2v) is 6.98. The number of halogens is 2. The molecule has 0 saturated carbocycles. The first-order valence-electron chi connectivity index (χ1n) is 9.40. The number of fused-ring (bicyclic) bond motifs is 4. The molecule has 4 heteroatoms. The molecule has 3 aromatic carbocycles. The number of allylic oxidation sites excluding steroid dienone is 4. The molecule has 1 heterocycles. The van der Waals surface area contributed by atoms with Crippen LogP contribution in [-0.4, -0.2) is 4.57 Å². The van der Waals surface area contributed by atoms with Crippen LogP contribution >= 0.6 is 0 Å². The number of hydrogen-bond donors (Lipinski definition) is 0. The van der Waals surface area contributed by atoms with Gasteiger partial charge in [-0.25, -0.2) is 12.2 Å². The molecule has 0 atom stereocenters. The summed E-state index contributed by atoms with van der Waals surface area (Å²) in [7, 11) is 0. The topological polar surface area (TPSA) is 4.93 Å². The van der Waals surface area contributed by atoms with Gasteiger partial charge in [-0.2, -0.15) is 6.08 Å². The van der Waals surface area contributed by atoms with Gasteiger partial charge in [0.25, 0.3) is 0 Å². The number of aryl methyl sites for hydroxylation is 1. The van der Waals surface area contributed by atoms with Crippen LogP contribution in [-0.2, 0) is 38.7 Å². The first-order valence-corrected chi connectivity index (χ1v) is 9.40. The minimum absolute atomic E-state index is 0. The molecule has 0 saturated heterocycles. The molecule has 0 N–H and O–H groups in total. The van der Waals surface area contributed by atoms with Gasteiger partial charge in [0.15, 0.2) is 0 Å². The Morgan fingerprint density at radius 3 is 2.45 bits per heavy atom. The summed E-state index contributed by atoms with van der Waals surface area (Å²) in [5.41, 5.74) is 5.76. The molecule has 2 aliphatic carbocycles. The predicted octanol–water partition coefficient (Wildman–Crippen LogP) is 0.302. The molecule has 29 heavy (non-hydrogen) atoms. The zero-order valence-corrected chi connectivity index (χ0v) is 21.1. The molecule has 0 fully saturated rings. The Hall–Kier alpha value is -1.48. The van der Waals surface area contributed by atoms with E-state index in [-0.39, 0.29) is 50.7 Å². The van der Waals surface area contributed by atoms with Crippen molar-refractivity contribution in [1.29, 1.82) is 0 Å². The van der Waals surface area contributed by atoms with E-state index in [1.807, 2.05) is 12.2 Å². The summed E-state index contributed by atoms with van der Waals surface area (Å²) in [6.07, 6.45) is 13.7. The quantitative estimate of drug-likeness (QED) is 0.224. The fourth-order valence-electron chi connectivity index (χ4n) is 4.23. The Morgan fingerprint density at radius 1 is 0.931 bits per heavy atom. The fourth-order valence-corrected chi connectivity index (χ4v) is 4.23. The van der Waals surface area contributed by atoms with Crippen LogP contribution in [0.5, 0.6) is 0 Å². The summed E-state index contributed by atoms with van der Waals surface area (Å²) in [4.78, 5) is 0. The van der Waals surface area contributed by atoms with Crippen molar-refractivity contribution in [1.82, 2.24) is 4.57 Å². The van der Waals surface area contributed by atoms with Gasteiger partial charge in [0.1, 0.15) is 0 Å². The first kappa shape index (κ1) is 23.8. The number of nitrogens with zero attached hydrogens (tertiary/aromatic N) is 1. The van der Waals surface area contributed by atoms with Crippen molar-refractivity contribution in [3.8, 4) is 5.69 Å². The van der Waals surface area contributed by atoms with Gasteiger partial charge < -0.3 is 29.4 Å². The van der Waals surface area contributed by atoms with Crippen molar-refractivity contribution in [2.75, 3.05) is 0 Å². The third kappa shape index (κ3) is 4.50. The van der Waals surface area contributed by atoms with Crippen LogP contribution in [0.15, 0.2) is 78.9 Å². The minimum Gasteiger partial charge on any atom is -1.00 e. The van der Waals surface area contributed by atoms with E-state index in [0.717, 1.165) is 6.42 Å². The standard InChI is InChI=1S/C20H16N.C5H5.2ClH.Hf/c1-2-7-15-13-16(12-14(15)6-1)21-19-10-4-3-8-17(19)18-9-5-11-20(18)21;1-2-4-5-3-1;;;/h1-4,6-8,10,12-13H,5,9,11H2;1-3H,4H2;2*1H;/q2*-1;;;+4/p-2. The second kappa shape index (κ2) is 10.5. The van der Waals surface area contributed by atoms with Crippen LogP contribution in [0, 0.1) is 6.08 Å². The number of benzene rings is 2. The summed E-state index contributed by atoms with van der Waals surface area (Å²) < 4.78 is 2.48. The van der Waals surface area contributed by atoms with E-state index in [1.54, 1.807) is 5.56 Å². The van der Waals surface area contributed by atoms with Crippen LogP contribution in [0.4, 0.5) is 0 Å². The Balaban J connectivity index is 0.000000333. The summed E-state index contributed by atoms with van der Waals surface area (Å²) in [5.74, 6) is 0. The molecule has 2 aliphatic rings. The molecule has 0 amide bonds. The van der Waals surface area contributed by atoms with Gasteiger partial charge in [0.2, 0.25) is 0 Å². The first-order chi connectivity index (χ1) is 12.9. The average Bonchev–Trinajstić information content (AvgIpc) is 3.45. The van der Waals surface area contributed by atoms with Gasteiger partial charge in [0, 0.05) is 11.1 Å². The van der Waals surface area contributed by atoms with E-state index in [0.29, 0.717) is 0 Å². The Bertz CT molecular complexity index is 1110. The predicted molar refractivity (Wildman–Crippen MR) is 110 cm³/mol. The Kier molecular flexibility index (Phi) is 8.63. The van der Waals surface area contributed by atoms with E-state index in [4.69, 9.17) is 0 Å². The molecule has 0 spiro atoms. The van der Waals surface area contributed by atoms with Crippen molar-refractivity contribution in [2.24, 2.45) is 0 Å². The van der Waals surface area contributed by atoms with E-state index >= 15 is 0 Å². The molecule has 0 aliphatic heterocycles. The summed E-state index contributed by atoms with van der Waals surface area (Å²) in [6, 6.07) is 22.1. The van der Waals surface area contributed by atoms with E-state index in [1.165, 1.54) is 52.3 Å². The van der Waals surface area contributed by atoms with E-state index in [2.05, 4.69) is 77.4 Å². The maximum Gasteiger partial charge on any atom is 4.00 e. The Morgan fingerprint density at radius 2 is 1.72 bits per heavy atom. The molecule has 0 radical (unpaired) electrons. The van der Waals surface area contributed by atoms with Gasteiger partial charge in [-0.1, -0.05) is 24.3 Å². The van der Waals surface area contributed by atoms with Gasteiger partial charge >= 0.3 is 25.8 Å². The fraction of sp³-hybridized carbons (Fsp3) is 0.160. The van der Waals surface area contributed by atoms with Crippen molar-refractivity contribution >= 4 is 21.7 Å². The van der Waals surface area contributed by atoms with Crippen molar-refractivity contribution in [3.05, 3.63) is 96.2 Å². The molecule has 1 aromatic heterocycles. The summed E-state index contributed by atoms with van der Waals surface area (Å²) >= 11 is 0. The minimum atomic E-state index is 0. The zero-order valence-electron chi connectivity index (χ0n) is 16.0. The number of rotatable bonds is 1. The molecule has 0 unspecified atom stereocenters. The van der Waals surface area contributed by atoms with Crippen LogP contribution < -0.4 is 24.8 Å². The van der Waals surface area contributed by atoms with Crippen LogP contribution in [0.1, 0.15) is 24.1 Å². The van der Waals surface area contributed by atoms with Crippen molar-refractivity contribution < 1.29 is 50.7 Å². The molecule has 4 aromatic rings. The molecule has 144 valence electrons. The molecule has 6 rings (SSSR count). The van der Waals surface area contributed by atoms with Crippen LogP contribution in [0.25, 0.3) is 27.4 Å². The SMILES string of the molecule is [C-]1=CC=CC1.[Cl-].[Cl-].[Hf+4].c1ccc2[cH-]c(-n3c4c(c5ccccc53)CCC4)cc2c1. The van der Waals surface area contributed by atoms with Crippen molar-refractivity contribution in [3.63, 3.8) is 0 Å². The zero-order chi connectivity index (χ0) is 17.3. The number of hydrogen-bond acceptors (Lipinski definition) is 0. The molecular weight excluding hydrogens is 564 g/mol. The molecular formula is C25H21Cl2HfN. The van der Waals surface area contributed by atoms with Gasteiger partial charge in [-0.15, -0.1) is 47.5 Å². The normalized spacial score (nSPS) is 13.2. The largest absolute Gasteiger partial charge is 4.00 e. The van der Waals surface area contributed by atoms with E-state index in [9.17, 15) is 0 Å². The summed E-state index contributed by atoms with van der Waals surface area (Å²) in [5, 5.41) is 4.10. The average molecular weight is 585 g/mol. The Labute approximate surface area is 203 Å². The third-order valence-corrected chi connectivity index (χ3v) is 5.38. The maximum atomic E-state index is 2.99. The van der Waals surface area contributed by atoms with Crippen LogP contribution in [0.2, 0.25) is 0 Å². The van der Waals surface area contributed by atoms with Crippen LogP contribution in [0.3, 0.4) is 0 Å². The number of para-hydroxylation sites is 1. The number of aromatic nitrogens is 1. The third-order valence-electron chi connectivity index (χ3n) is 5.38. The van der Waals surface area contributed by atoms with E-state index < -0.39 is 0 Å². The van der Waals surface area contributed by atoms with Gasteiger partial charge in [-0.3, -0.25) is 6.08 Å². The van der Waals surface area contributed by atoms with Gasteiger partial charge in [0.05, 0.1) is 5.52 Å². The van der Waals surface area contributed by atoms with Crippen molar-refractivity contribution in [2.45, 2.75) is 25.7 Å². The monoisotopic (exact) mass is 585 g/mol. The second-order valence-electron chi connectivity index (χ2n) is 6.98.